The van der Waals surface area contributed by atoms with Gasteiger partial charge in [-0.15, -0.1) is 11.3 Å². The van der Waals surface area contributed by atoms with E-state index in [0.717, 1.165) is 17.9 Å². The molecule has 0 aliphatic heterocycles. The number of nitrogens with zero attached hydrogens (tertiary/aromatic N) is 2. The molecule has 0 aliphatic carbocycles. The summed E-state index contributed by atoms with van der Waals surface area (Å²) < 4.78 is 0. The Morgan fingerprint density at radius 1 is 1.50 bits per heavy atom. The second-order valence-corrected chi connectivity index (χ2v) is 3.93. The summed E-state index contributed by atoms with van der Waals surface area (Å²) in [4.78, 5) is 9.45. The van der Waals surface area contributed by atoms with Gasteiger partial charge < -0.3 is 5.32 Å². The van der Waals surface area contributed by atoms with E-state index in [1.165, 1.54) is 4.88 Å². The second kappa shape index (κ2) is 4.19. The number of aromatic nitrogens is 2. The molecule has 0 fully saturated rings. The van der Waals surface area contributed by atoms with Gasteiger partial charge in [0.1, 0.15) is 0 Å². The van der Waals surface area contributed by atoms with Crippen molar-refractivity contribution in [2.75, 3.05) is 5.32 Å². The average molecular weight is 205 g/mol. The van der Waals surface area contributed by atoms with Crippen molar-refractivity contribution in [2.45, 2.75) is 13.5 Å². The molecule has 2 aromatic heterocycles. The third kappa shape index (κ3) is 2.09. The Labute approximate surface area is 86.8 Å². The minimum absolute atomic E-state index is 0.817. The summed E-state index contributed by atoms with van der Waals surface area (Å²) in [5.74, 6) is 0. The molecule has 0 spiro atoms. The minimum atomic E-state index is 0.817. The number of thiazole rings is 1. The molecule has 0 aromatic carbocycles. The smallest absolute Gasteiger partial charge is 0.0794 e. The predicted molar refractivity (Wildman–Crippen MR) is 58.4 cm³/mol. The maximum atomic E-state index is 4.20. The molecule has 0 unspecified atom stereocenters. The van der Waals surface area contributed by atoms with Gasteiger partial charge in [0.25, 0.3) is 0 Å². The van der Waals surface area contributed by atoms with Crippen LogP contribution in [0.4, 0.5) is 5.69 Å². The van der Waals surface area contributed by atoms with Crippen molar-refractivity contribution in [3.05, 3.63) is 40.6 Å². The fourth-order valence-corrected chi connectivity index (χ4v) is 1.72. The molecule has 14 heavy (non-hydrogen) atoms. The maximum absolute atomic E-state index is 4.20. The van der Waals surface area contributed by atoms with Crippen LogP contribution in [-0.4, -0.2) is 9.97 Å². The highest BCUT2D eigenvalue weighted by Gasteiger charge is 1.98. The first-order valence-electron chi connectivity index (χ1n) is 4.39. The Morgan fingerprint density at radius 2 is 2.43 bits per heavy atom. The number of rotatable bonds is 3. The van der Waals surface area contributed by atoms with Crippen LogP contribution >= 0.6 is 11.3 Å². The van der Waals surface area contributed by atoms with Crippen LogP contribution in [-0.2, 0) is 6.54 Å². The number of pyridine rings is 1. The lowest BCUT2D eigenvalue weighted by Crippen LogP contribution is -2.00. The molecule has 0 saturated carbocycles. The van der Waals surface area contributed by atoms with Crippen molar-refractivity contribution in [1.29, 1.82) is 0 Å². The highest BCUT2D eigenvalue weighted by molar-refractivity contribution is 7.09. The Bertz CT molecular complexity index is 398. The second-order valence-electron chi connectivity index (χ2n) is 2.96. The molecule has 3 nitrogen and oxygen atoms in total. The Morgan fingerprint density at radius 3 is 3.14 bits per heavy atom. The summed E-state index contributed by atoms with van der Waals surface area (Å²) in [7, 11) is 0. The molecule has 2 aromatic rings. The van der Waals surface area contributed by atoms with E-state index < -0.39 is 0 Å². The molecule has 0 aliphatic rings. The average Bonchev–Trinajstić information content (AvgIpc) is 2.69. The molecule has 0 saturated heterocycles. The van der Waals surface area contributed by atoms with E-state index in [1.807, 2.05) is 30.8 Å². The van der Waals surface area contributed by atoms with Gasteiger partial charge in [-0.3, -0.25) is 9.97 Å². The summed E-state index contributed by atoms with van der Waals surface area (Å²) in [5.41, 5.74) is 3.95. The van der Waals surface area contributed by atoms with Crippen LogP contribution in [0, 0.1) is 6.92 Å². The molecule has 0 atom stereocenters. The quantitative estimate of drug-likeness (QED) is 0.836. The van der Waals surface area contributed by atoms with Crippen molar-refractivity contribution in [2.24, 2.45) is 0 Å². The van der Waals surface area contributed by atoms with E-state index in [-0.39, 0.29) is 0 Å². The molecule has 1 N–H and O–H groups in total. The molecule has 0 bridgehead atoms. The SMILES string of the molecule is Cc1ncccc1NCc1cncs1. The number of nitrogens with one attached hydrogen (secondary N) is 1. The van der Waals surface area contributed by atoms with Gasteiger partial charge in [-0.2, -0.15) is 0 Å². The zero-order valence-corrected chi connectivity index (χ0v) is 8.71. The van der Waals surface area contributed by atoms with E-state index in [1.54, 1.807) is 17.5 Å². The zero-order chi connectivity index (χ0) is 9.80. The lowest BCUT2D eigenvalue weighted by atomic mass is 10.3. The topological polar surface area (TPSA) is 37.8 Å². The van der Waals surface area contributed by atoms with Crippen LogP contribution in [0.25, 0.3) is 0 Å². The summed E-state index contributed by atoms with van der Waals surface area (Å²) in [6.07, 6.45) is 3.68. The Kier molecular flexibility index (Phi) is 2.74. The predicted octanol–water partition coefficient (Wildman–Crippen LogP) is 2.46. The zero-order valence-electron chi connectivity index (χ0n) is 7.90. The van der Waals surface area contributed by atoms with E-state index in [0.29, 0.717) is 0 Å². The first-order chi connectivity index (χ1) is 6.86. The van der Waals surface area contributed by atoms with Crippen molar-refractivity contribution in [1.82, 2.24) is 9.97 Å². The molecule has 2 rings (SSSR count). The first-order valence-corrected chi connectivity index (χ1v) is 5.27. The third-order valence-corrected chi connectivity index (χ3v) is 2.72. The largest absolute Gasteiger partial charge is 0.379 e. The van der Waals surface area contributed by atoms with Gasteiger partial charge in [-0.05, 0) is 19.1 Å². The van der Waals surface area contributed by atoms with Crippen LogP contribution in [0.1, 0.15) is 10.6 Å². The van der Waals surface area contributed by atoms with Gasteiger partial charge in [0.2, 0.25) is 0 Å². The molecule has 72 valence electrons. The van der Waals surface area contributed by atoms with E-state index in [4.69, 9.17) is 0 Å². The van der Waals surface area contributed by atoms with Gasteiger partial charge >= 0.3 is 0 Å². The van der Waals surface area contributed by atoms with E-state index in [2.05, 4.69) is 15.3 Å². The summed E-state index contributed by atoms with van der Waals surface area (Å²) >= 11 is 1.65. The molecular formula is C10H11N3S. The van der Waals surface area contributed by atoms with Crippen molar-refractivity contribution >= 4 is 17.0 Å². The van der Waals surface area contributed by atoms with Crippen molar-refractivity contribution in [3.8, 4) is 0 Å². The van der Waals surface area contributed by atoms with Crippen LogP contribution in [0.3, 0.4) is 0 Å². The van der Waals surface area contributed by atoms with Gasteiger partial charge in [0.05, 0.1) is 23.4 Å². The lowest BCUT2D eigenvalue weighted by Gasteiger charge is -2.06. The first kappa shape index (κ1) is 9.15. The van der Waals surface area contributed by atoms with Crippen molar-refractivity contribution < 1.29 is 0 Å². The van der Waals surface area contributed by atoms with Gasteiger partial charge in [0, 0.05) is 17.3 Å². The van der Waals surface area contributed by atoms with Gasteiger partial charge in [-0.25, -0.2) is 0 Å². The Balaban J connectivity index is 2.02. The van der Waals surface area contributed by atoms with Crippen molar-refractivity contribution in [3.63, 3.8) is 0 Å². The molecule has 2 heterocycles. The summed E-state index contributed by atoms with van der Waals surface area (Å²) in [6.45, 7) is 2.81. The summed E-state index contributed by atoms with van der Waals surface area (Å²) in [6, 6.07) is 3.96. The normalized spacial score (nSPS) is 10.1. The van der Waals surface area contributed by atoms with Crippen LogP contribution in [0.2, 0.25) is 0 Å². The monoisotopic (exact) mass is 205 g/mol. The maximum Gasteiger partial charge on any atom is 0.0794 e. The molecule has 0 amide bonds. The molecule has 0 radical (unpaired) electrons. The van der Waals surface area contributed by atoms with Crippen LogP contribution in [0.15, 0.2) is 30.0 Å². The Hall–Kier alpha value is -1.42. The van der Waals surface area contributed by atoms with Gasteiger partial charge in [-0.1, -0.05) is 0 Å². The van der Waals surface area contributed by atoms with E-state index in [9.17, 15) is 0 Å². The van der Waals surface area contributed by atoms with Crippen LogP contribution < -0.4 is 5.32 Å². The fourth-order valence-electron chi connectivity index (χ4n) is 1.18. The minimum Gasteiger partial charge on any atom is -0.379 e. The van der Waals surface area contributed by atoms with E-state index >= 15 is 0 Å². The standard InChI is InChI=1S/C10H11N3S/c1-8-10(3-2-4-12-8)13-6-9-5-11-7-14-9/h2-5,7,13H,6H2,1H3. The molecule has 4 heteroatoms. The highest BCUT2D eigenvalue weighted by atomic mass is 32.1. The lowest BCUT2D eigenvalue weighted by molar-refractivity contribution is 1.12. The van der Waals surface area contributed by atoms with Crippen LogP contribution in [0.5, 0.6) is 0 Å². The van der Waals surface area contributed by atoms with Gasteiger partial charge in [0.15, 0.2) is 0 Å². The fraction of sp³-hybridized carbons (Fsp3) is 0.200. The third-order valence-electron chi connectivity index (χ3n) is 1.94. The number of hydrogen-bond acceptors (Lipinski definition) is 4. The number of hydrogen-bond donors (Lipinski definition) is 1. The molecular weight excluding hydrogens is 194 g/mol. The number of anilines is 1. The highest BCUT2D eigenvalue weighted by Crippen LogP contribution is 2.13. The summed E-state index contributed by atoms with van der Waals surface area (Å²) in [5, 5.41) is 3.32. The number of aryl methyl sites for hydroxylation is 1.